The first-order valence-corrected chi connectivity index (χ1v) is 52.7. The van der Waals surface area contributed by atoms with Gasteiger partial charge in [-0.3, -0.25) is 9.59 Å². The number of amides is 2. The molecule has 6 aromatic carbocycles. The summed E-state index contributed by atoms with van der Waals surface area (Å²) in [5, 5.41) is 6.32. The number of benzene rings is 6. The van der Waals surface area contributed by atoms with Crippen molar-refractivity contribution in [2.24, 2.45) is 0 Å². The highest BCUT2D eigenvalue weighted by atomic mass is 16.5. The average molecular weight is 1850 g/mol. The lowest BCUT2D eigenvalue weighted by Gasteiger charge is -2.13. The molecular formula is C116H160N10O10. The Morgan fingerprint density at radius 2 is 0.382 bits per heavy atom. The number of carbonyl (C=O) groups excluding carboxylic acids is 2. The molecule has 0 saturated carbocycles. The maximum atomic E-state index is 13.9. The molecule has 136 heavy (non-hydrogen) atoms. The Kier molecular flexibility index (Phi) is 52.9. The molecule has 0 aliphatic heterocycles. The van der Waals surface area contributed by atoms with Crippen LogP contribution < -0.4 is 48.5 Å². The molecule has 0 atom stereocenters. The van der Waals surface area contributed by atoms with Gasteiger partial charge in [-0.25, -0.2) is 39.9 Å². The summed E-state index contributed by atoms with van der Waals surface area (Å²) in [5.41, 5.74) is 9.65. The molecule has 0 fully saturated rings. The van der Waals surface area contributed by atoms with Gasteiger partial charge in [-0.15, -0.1) is 0 Å². The fourth-order valence-corrected chi connectivity index (χ4v) is 16.5. The van der Waals surface area contributed by atoms with E-state index in [1.165, 1.54) is 176 Å². The minimum Gasteiger partial charge on any atom is -0.494 e. The van der Waals surface area contributed by atoms with Gasteiger partial charge in [0.2, 0.25) is 0 Å². The van der Waals surface area contributed by atoms with Gasteiger partial charge >= 0.3 is 0 Å². The second-order valence-electron chi connectivity index (χ2n) is 36.6. The number of nitrogens with zero attached hydrogens (tertiary/aromatic N) is 8. The van der Waals surface area contributed by atoms with Gasteiger partial charge in [0.15, 0.2) is 23.3 Å². The van der Waals surface area contributed by atoms with E-state index in [-0.39, 0.29) is 11.8 Å². The predicted molar refractivity (Wildman–Crippen MR) is 552 cm³/mol. The van der Waals surface area contributed by atoms with Crippen molar-refractivity contribution in [1.29, 1.82) is 0 Å². The van der Waals surface area contributed by atoms with E-state index in [0.717, 1.165) is 223 Å². The van der Waals surface area contributed by atoms with Crippen LogP contribution in [0.15, 0.2) is 183 Å². The molecular weight excluding hydrogens is 1690 g/mol. The first kappa shape index (κ1) is 107. The predicted octanol–water partition coefficient (Wildman–Crippen LogP) is 28.9. The topological polar surface area (TPSA) is 235 Å². The van der Waals surface area contributed by atoms with Crippen LogP contribution in [0.5, 0.6) is 46.0 Å². The number of aryl methyl sites for hydroxylation is 4. The highest BCUT2D eigenvalue weighted by molar-refractivity contribution is 5.95. The molecule has 0 aliphatic carbocycles. The molecule has 2 N–H and O–H groups in total. The van der Waals surface area contributed by atoms with Crippen molar-refractivity contribution in [3.8, 4) is 91.5 Å². The molecule has 0 bridgehead atoms. The molecule has 734 valence electrons. The number of hydrogen-bond donors (Lipinski definition) is 2. The minimum absolute atomic E-state index is 0.180. The molecule has 20 nitrogen and oxygen atoms in total. The summed E-state index contributed by atoms with van der Waals surface area (Å²) in [6.45, 7) is 14.5. The number of carbonyl (C=O) groups is 2. The van der Waals surface area contributed by atoms with Crippen LogP contribution in [0.1, 0.15) is 353 Å². The lowest BCUT2D eigenvalue weighted by Crippen LogP contribution is -2.25. The molecule has 0 unspecified atom stereocenters. The quantitative estimate of drug-likeness (QED) is 0.0337. The van der Waals surface area contributed by atoms with Gasteiger partial charge < -0.3 is 48.5 Å². The largest absolute Gasteiger partial charge is 0.494 e. The van der Waals surface area contributed by atoms with E-state index >= 15 is 0 Å². The maximum absolute atomic E-state index is 13.9. The van der Waals surface area contributed by atoms with Gasteiger partial charge in [0.05, 0.1) is 52.9 Å². The van der Waals surface area contributed by atoms with Crippen LogP contribution in [0.2, 0.25) is 0 Å². The van der Waals surface area contributed by atoms with E-state index < -0.39 is 0 Å². The first-order chi connectivity index (χ1) is 67.2. The SMILES string of the molecule is CCCCCCCCc1cnc(-c2ccc(OCCCCCCOc3cc(OCCCCCCOc4ccc(-c5ncc(CCCCCCCC)cn5)cc4)cc(C(=O)NCCCCCCNC(=O)c4cc(OCCCCCCOc5ccc(-c6ncc(CCCCCCCC)cn6)cc5)cc(OCCCCCCOc5ccc(-c6ncc(CCCCCCCC)cn6)cc5)c4)c3)cc2)nc1. The Bertz CT molecular complexity index is 4220. The maximum Gasteiger partial charge on any atom is 0.251 e. The third kappa shape index (κ3) is 44.0. The number of rotatable bonds is 77. The standard InChI is InChI=1S/C116H160N10O10/c1-5-9-13-17-21-35-49-93-85-119-111(120-86-93)97-53-61-103(62-54-97)129-71-41-27-31-45-75-133-107-79-101(80-108(83-107)134-76-46-32-28-42-72-130-104-63-55-98(56-64-104)112-121-87-94(88-122-112)50-36-22-18-14-10-6-2)115(127)117-69-39-25-26-40-70-118-116(128)102-81-109(135-77-47-33-29-43-73-131-105-65-57-99(58-66-105)113-123-89-95(90-124-113)51-37-23-19-15-11-7-3)84-110(82-102)136-78-48-34-30-44-74-132-106-67-59-100(60-68-106)114-125-91-96(92-126-114)52-38-24-20-16-12-8-4/h53-68,79-92H,5-52,69-78H2,1-4H3,(H,117,127)(H,118,128). The Labute approximate surface area is 814 Å². The summed E-state index contributed by atoms with van der Waals surface area (Å²) in [7, 11) is 0. The summed E-state index contributed by atoms with van der Waals surface area (Å²) in [5.74, 6) is 8.30. The highest BCUT2D eigenvalue weighted by Crippen LogP contribution is 2.31. The van der Waals surface area contributed by atoms with Crippen molar-refractivity contribution in [2.45, 2.75) is 336 Å². The second kappa shape index (κ2) is 67.2. The molecule has 0 spiro atoms. The van der Waals surface area contributed by atoms with Crippen molar-refractivity contribution in [2.75, 3.05) is 65.9 Å². The van der Waals surface area contributed by atoms with Gasteiger partial charge in [0, 0.05) is 108 Å². The molecule has 4 aromatic heterocycles. The smallest absolute Gasteiger partial charge is 0.251 e. The number of aromatic nitrogens is 8. The zero-order valence-corrected chi connectivity index (χ0v) is 83.0. The van der Waals surface area contributed by atoms with Crippen molar-refractivity contribution < 1.29 is 47.5 Å². The van der Waals surface area contributed by atoms with Crippen LogP contribution >= 0.6 is 0 Å². The molecule has 0 saturated heterocycles. The van der Waals surface area contributed by atoms with Crippen LogP contribution in [-0.2, 0) is 25.7 Å². The van der Waals surface area contributed by atoms with Gasteiger partial charge in [-0.05, 0) is 311 Å². The number of unbranched alkanes of at least 4 members (excludes halogenated alkanes) is 35. The normalized spacial score (nSPS) is 11.2. The van der Waals surface area contributed by atoms with Crippen LogP contribution in [0, 0.1) is 0 Å². The van der Waals surface area contributed by atoms with E-state index in [2.05, 4.69) is 78.2 Å². The molecule has 0 radical (unpaired) electrons. The summed E-state index contributed by atoms with van der Waals surface area (Å²) >= 11 is 0. The lowest BCUT2D eigenvalue weighted by molar-refractivity contribution is 0.0942. The van der Waals surface area contributed by atoms with Crippen LogP contribution in [0.4, 0.5) is 0 Å². The van der Waals surface area contributed by atoms with E-state index in [1.54, 1.807) is 0 Å². The molecule has 10 aromatic rings. The fraction of sp³-hybridized carbons (Fsp3) is 0.534. The minimum atomic E-state index is -0.180. The summed E-state index contributed by atoms with van der Waals surface area (Å²) in [4.78, 5) is 65.3. The monoisotopic (exact) mass is 1850 g/mol. The van der Waals surface area contributed by atoms with Crippen LogP contribution in [0.25, 0.3) is 45.6 Å². The van der Waals surface area contributed by atoms with Gasteiger partial charge in [0.25, 0.3) is 11.8 Å². The van der Waals surface area contributed by atoms with E-state index in [4.69, 9.17) is 37.9 Å². The van der Waals surface area contributed by atoms with E-state index in [1.807, 2.05) is 183 Å². The van der Waals surface area contributed by atoms with E-state index in [0.29, 0.717) is 100 Å². The van der Waals surface area contributed by atoms with Crippen molar-refractivity contribution in [3.05, 3.63) is 216 Å². The molecule has 0 aliphatic rings. The van der Waals surface area contributed by atoms with E-state index in [9.17, 15) is 9.59 Å². The summed E-state index contributed by atoms with van der Waals surface area (Å²) in [6.07, 6.45) is 68.7. The van der Waals surface area contributed by atoms with Gasteiger partial charge in [-0.1, -0.05) is 169 Å². The Balaban J connectivity index is 0.641. The number of ether oxygens (including phenoxy) is 8. The Hall–Kier alpha value is -11.0. The Morgan fingerprint density at radius 1 is 0.206 bits per heavy atom. The molecule has 4 heterocycles. The second-order valence-corrected chi connectivity index (χ2v) is 36.6. The zero-order chi connectivity index (χ0) is 94.8. The fourth-order valence-electron chi connectivity index (χ4n) is 16.5. The molecule has 2 amide bonds. The number of hydrogen-bond acceptors (Lipinski definition) is 18. The Morgan fingerprint density at radius 3 is 0.588 bits per heavy atom. The van der Waals surface area contributed by atoms with Crippen molar-refractivity contribution in [3.63, 3.8) is 0 Å². The number of nitrogens with one attached hydrogen (secondary N) is 2. The van der Waals surface area contributed by atoms with Gasteiger partial charge in [0.1, 0.15) is 46.0 Å². The third-order valence-corrected chi connectivity index (χ3v) is 24.8. The summed E-state index contributed by atoms with van der Waals surface area (Å²) < 4.78 is 50.0. The zero-order valence-electron chi connectivity index (χ0n) is 83.0. The van der Waals surface area contributed by atoms with Crippen LogP contribution in [-0.4, -0.2) is 118 Å². The summed E-state index contributed by atoms with van der Waals surface area (Å²) in [6, 6.07) is 43.3. The van der Waals surface area contributed by atoms with Crippen molar-refractivity contribution in [1.82, 2.24) is 50.5 Å². The highest BCUT2D eigenvalue weighted by Gasteiger charge is 2.17. The van der Waals surface area contributed by atoms with Crippen molar-refractivity contribution >= 4 is 11.8 Å². The molecule has 10 rings (SSSR count). The first-order valence-electron chi connectivity index (χ1n) is 52.7. The third-order valence-electron chi connectivity index (χ3n) is 24.8. The van der Waals surface area contributed by atoms with Crippen LogP contribution in [0.3, 0.4) is 0 Å². The average Bonchev–Trinajstić information content (AvgIpc) is 0.860. The van der Waals surface area contributed by atoms with Gasteiger partial charge in [-0.2, -0.15) is 0 Å². The molecule has 20 heteroatoms. The lowest BCUT2D eigenvalue weighted by atomic mass is 10.1.